The van der Waals surface area contributed by atoms with Gasteiger partial charge in [0.25, 0.3) is 0 Å². The van der Waals surface area contributed by atoms with Crippen molar-refractivity contribution in [2.24, 2.45) is 0 Å². The van der Waals surface area contributed by atoms with Gasteiger partial charge in [0.15, 0.2) is 6.29 Å². The van der Waals surface area contributed by atoms with Crippen LogP contribution in [0.1, 0.15) is 23.0 Å². The van der Waals surface area contributed by atoms with E-state index in [2.05, 4.69) is 48.6 Å². The summed E-state index contributed by atoms with van der Waals surface area (Å²) in [7, 11) is 0. The van der Waals surface area contributed by atoms with Gasteiger partial charge in [0.05, 0.1) is 13.2 Å². The summed E-state index contributed by atoms with van der Waals surface area (Å²) in [5, 5.41) is 0. The van der Waals surface area contributed by atoms with E-state index in [-0.39, 0.29) is 6.29 Å². The lowest BCUT2D eigenvalue weighted by Gasteiger charge is -2.08. The molecule has 0 spiro atoms. The van der Waals surface area contributed by atoms with Gasteiger partial charge in [0.2, 0.25) is 0 Å². The molecule has 0 bridgehead atoms. The number of rotatable bonds is 3. The molecule has 2 aromatic rings. The molecule has 1 heterocycles. The molecule has 0 saturated carbocycles. The van der Waals surface area contributed by atoms with Crippen molar-refractivity contribution in [2.45, 2.75) is 6.29 Å². The molecule has 1 saturated heterocycles. The third-order valence-corrected chi connectivity index (χ3v) is 3.10. The minimum absolute atomic E-state index is 0.188. The Hall–Kier alpha value is -1.90. The Morgan fingerprint density at radius 3 is 1.95 bits per heavy atom. The minimum atomic E-state index is -0.188. The molecule has 2 heteroatoms. The number of hydrogen-bond donors (Lipinski definition) is 0. The molecule has 3 rings (SSSR count). The summed E-state index contributed by atoms with van der Waals surface area (Å²) in [6.45, 7) is 1.36. The molecular weight excluding hydrogens is 236 g/mol. The molecule has 0 N–H and O–H groups in total. The number of benzene rings is 2. The van der Waals surface area contributed by atoms with Gasteiger partial charge in [-0.2, -0.15) is 0 Å². The first-order valence-electron chi connectivity index (χ1n) is 6.48. The van der Waals surface area contributed by atoms with E-state index < -0.39 is 0 Å². The van der Waals surface area contributed by atoms with Crippen LogP contribution in [0, 0.1) is 0 Å². The third-order valence-electron chi connectivity index (χ3n) is 3.10. The van der Waals surface area contributed by atoms with Gasteiger partial charge in [0, 0.05) is 5.56 Å². The Labute approximate surface area is 113 Å². The van der Waals surface area contributed by atoms with Crippen molar-refractivity contribution in [1.29, 1.82) is 0 Å². The van der Waals surface area contributed by atoms with E-state index in [0.29, 0.717) is 13.2 Å². The third kappa shape index (κ3) is 3.11. The summed E-state index contributed by atoms with van der Waals surface area (Å²) in [6, 6.07) is 18.6. The summed E-state index contributed by atoms with van der Waals surface area (Å²) >= 11 is 0. The highest BCUT2D eigenvalue weighted by atomic mass is 16.7. The Bertz CT molecular complexity index is 537. The Kier molecular flexibility index (Phi) is 3.73. The Balaban J connectivity index is 1.70. The predicted octanol–water partition coefficient (Wildman–Crippen LogP) is 3.90. The van der Waals surface area contributed by atoms with Crippen LogP contribution in [0.3, 0.4) is 0 Å². The smallest absolute Gasteiger partial charge is 0.184 e. The molecule has 19 heavy (non-hydrogen) atoms. The topological polar surface area (TPSA) is 18.5 Å². The lowest BCUT2D eigenvalue weighted by molar-refractivity contribution is -0.0441. The van der Waals surface area contributed by atoms with Crippen LogP contribution >= 0.6 is 0 Å². The molecule has 0 atom stereocenters. The molecule has 96 valence electrons. The van der Waals surface area contributed by atoms with E-state index in [0.717, 1.165) is 5.56 Å². The zero-order chi connectivity index (χ0) is 12.9. The van der Waals surface area contributed by atoms with Gasteiger partial charge in [-0.3, -0.25) is 0 Å². The van der Waals surface area contributed by atoms with Crippen molar-refractivity contribution < 1.29 is 9.47 Å². The van der Waals surface area contributed by atoms with Gasteiger partial charge >= 0.3 is 0 Å². The average molecular weight is 252 g/mol. The largest absolute Gasteiger partial charge is 0.346 e. The molecule has 0 radical (unpaired) electrons. The second kappa shape index (κ2) is 5.83. The molecule has 2 aromatic carbocycles. The van der Waals surface area contributed by atoms with Crippen LogP contribution in [-0.4, -0.2) is 13.2 Å². The summed E-state index contributed by atoms with van der Waals surface area (Å²) in [5.41, 5.74) is 3.45. The van der Waals surface area contributed by atoms with E-state index in [1.54, 1.807) is 0 Å². The van der Waals surface area contributed by atoms with E-state index in [1.165, 1.54) is 11.1 Å². The second-order valence-electron chi connectivity index (χ2n) is 4.48. The zero-order valence-corrected chi connectivity index (χ0v) is 10.7. The molecule has 1 aliphatic rings. The minimum Gasteiger partial charge on any atom is -0.346 e. The highest BCUT2D eigenvalue weighted by molar-refractivity contribution is 5.69. The first kappa shape index (κ1) is 12.2. The Morgan fingerprint density at radius 2 is 1.32 bits per heavy atom. The lowest BCUT2D eigenvalue weighted by atomic mass is 10.1. The van der Waals surface area contributed by atoms with Crippen LogP contribution in [-0.2, 0) is 9.47 Å². The fourth-order valence-electron chi connectivity index (χ4n) is 2.07. The van der Waals surface area contributed by atoms with Crippen molar-refractivity contribution in [3.05, 3.63) is 71.3 Å². The van der Waals surface area contributed by atoms with Crippen LogP contribution < -0.4 is 0 Å². The van der Waals surface area contributed by atoms with Crippen molar-refractivity contribution in [3.63, 3.8) is 0 Å². The van der Waals surface area contributed by atoms with E-state index >= 15 is 0 Å². The standard InChI is InChI=1S/C17H16O2/c1-2-4-14(5-3-1)6-7-15-8-10-16(11-9-15)17-18-12-13-19-17/h1-11,17H,12-13H2/b7-6+. The van der Waals surface area contributed by atoms with Crippen LogP contribution in [0.25, 0.3) is 12.2 Å². The molecule has 1 fully saturated rings. The maximum absolute atomic E-state index is 5.47. The summed E-state index contributed by atoms with van der Waals surface area (Å²) < 4.78 is 10.9. The van der Waals surface area contributed by atoms with Crippen molar-refractivity contribution >= 4 is 12.2 Å². The van der Waals surface area contributed by atoms with Gasteiger partial charge in [-0.05, 0) is 11.1 Å². The SMILES string of the molecule is C(=C\c1ccc(C2OCCO2)cc1)/c1ccccc1. The first-order chi connectivity index (χ1) is 9.42. The lowest BCUT2D eigenvalue weighted by Crippen LogP contribution is -1.97. The molecule has 0 unspecified atom stereocenters. The van der Waals surface area contributed by atoms with Crippen LogP contribution in [0.5, 0.6) is 0 Å². The highest BCUT2D eigenvalue weighted by Crippen LogP contribution is 2.23. The van der Waals surface area contributed by atoms with Gasteiger partial charge in [0.1, 0.15) is 0 Å². The van der Waals surface area contributed by atoms with Crippen LogP contribution in [0.4, 0.5) is 0 Å². The fraction of sp³-hybridized carbons (Fsp3) is 0.176. The monoisotopic (exact) mass is 252 g/mol. The van der Waals surface area contributed by atoms with E-state index in [4.69, 9.17) is 9.47 Å². The summed E-state index contributed by atoms with van der Waals surface area (Å²) in [4.78, 5) is 0. The molecule has 0 amide bonds. The maximum Gasteiger partial charge on any atom is 0.184 e. The average Bonchev–Trinajstić information content (AvgIpc) is 3.01. The molecule has 2 nitrogen and oxygen atoms in total. The molecular formula is C17H16O2. The summed E-state index contributed by atoms with van der Waals surface area (Å²) in [6.07, 6.45) is 4.03. The predicted molar refractivity (Wildman–Crippen MR) is 76.5 cm³/mol. The summed E-state index contributed by atoms with van der Waals surface area (Å²) in [5.74, 6) is 0. The number of ether oxygens (including phenoxy) is 2. The fourth-order valence-corrected chi connectivity index (χ4v) is 2.07. The molecule has 1 aliphatic heterocycles. The maximum atomic E-state index is 5.47. The van der Waals surface area contributed by atoms with Crippen molar-refractivity contribution in [2.75, 3.05) is 13.2 Å². The van der Waals surface area contributed by atoms with Gasteiger partial charge in [-0.15, -0.1) is 0 Å². The quantitative estimate of drug-likeness (QED) is 0.771. The Morgan fingerprint density at radius 1 is 0.737 bits per heavy atom. The van der Waals surface area contributed by atoms with Gasteiger partial charge < -0.3 is 9.47 Å². The second-order valence-corrected chi connectivity index (χ2v) is 4.48. The zero-order valence-electron chi connectivity index (χ0n) is 10.7. The van der Waals surface area contributed by atoms with Crippen molar-refractivity contribution in [1.82, 2.24) is 0 Å². The van der Waals surface area contributed by atoms with E-state index in [1.807, 2.05) is 18.2 Å². The van der Waals surface area contributed by atoms with E-state index in [9.17, 15) is 0 Å². The highest BCUT2D eigenvalue weighted by Gasteiger charge is 2.17. The number of hydrogen-bond acceptors (Lipinski definition) is 2. The van der Waals surface area contributed by atoms with Crippen LogP contribution in [0.2, 0.25) is 0 Å². The van der Waals surface area contributed by atoms with Crippen molar-refractivity contribution in [3.8, 4) is 0 Å². The molecule has 0 aliphatic carbocycles. The van der Waals surface area contributed by atoms with Crippen LogP contribution in [0.15, 0.2) is 54.6 Å². The van der Waals surface area contributed by atoms with Gasteiger partial charge in [-0.1, -0.05) is 66.7 Å². The first-order valence-corrected chi connectivity index (χ1v) is 6.48. The van der Waals surface area contributed by atoms with Gasteiger partial charge in [-0.25, -0.2) is 0 Å². The normalized spacial score (nSPS) is 16.2. The molecule has 0 aromatic heterocycles.